The fraction of sp³-hybridized carbons (Fsp3) is 0.269. The van der Waals surface area contributed by atoms with E-state index in [-0.39, 0.29) is 18.1 Å². The Morgan fingerprint density at radius 1 is 1.15 bits per heavy atom. The first-order valence-corrected chi connectivity index (χ1v) is 12.9. The monoisotopic (exact) mass is 569 g/mol. The average molecular weight is 569 g/mol. The first-order chi connectivity index (χ1) is 19.2. The Balaban J connectivity index is 1.40. The zero-order chi connectivity index (χ0) is 28.7. The van der Waals surface area contributed by atoms with Gasteiger partial charge in [0.25, 0.3) is 5.56 Å². The molecule has 1 aliphatic heterocycles. The van der Waals surface area contributed by atoms with E-state index in [4.69, 9.17) is 25.2 Å². The zero-order valence-corrected chi connectivity index (χ0v) is 21.7. The Kier molecular flexibility index (Phi) is 9.11. The summed E-state index contributed by atoms with van der Waals surface area (Å²) in [4.78, 5) is 49.9. The van der Waals surface area contributed by atoms with Gasteiger partial charge in [0, 0.05) is 12.3 Å². The van der Waals surface area contributed by atoms with Gasteiger partial charge in [-0.3, -0.25) is 18.9 Å². The number of aromatic amines is 1. The minimum absolute atomic E-state index is 0.0152. The van der Waals surface area contributed by atoms with Gasteiger partial charge in [-0.2, -0.15) is 0 Å². The lowest BCUT2D eigenvalue weighted by Gasteiger charge is -2.26. The Bertz CT molecular complexity index is 1530. The number of carbonyl (C=O) groups excluding carboxylic acids is 1. The number of hydrogen-bond acceptors (Lipinski definition) is 11. The molecule has 40 heavy (non-hydrogen) atoms. The summed E-state index contributed by atoms with van der Waals surface area (Å²) in [5.41, 5.74) is -2.67. The number of esters is 1. The van der Waals surface area contributed by atoms with E-state index in [1.807, 2.05) is 11.1 Å². The van der Waals surface area contributed by atoms with E-state index in [9.17, 15) is 29.5 Å². The molecule has 0 spiro atoms. The van der Waals surface area contributed by atoms with E-state index in [1.54, 1.807) is 36.4 Å². The van der Waals surface area contributed by atoms with Crippen molar-refractivity contribution in [1.82, 2.24) is 9.55 Å². The van der Waals surface area contributed by atoms with Gasteiger partial charge in [0.2, 0.25) is 5.75 Å². The molecule has 0 aliphatic carbocycles. The first-order valence-electron chi connectivity index (χ1n) is 11.8. The molecule has 2 heterocycles. The molecule has 4 rings (SSSR count). The summed E-state index contributed by atoms with van der Waals surface area (Å²) in [5, 5.41) is 21.3. The number of hydrogen-bond donors (Lipinski definition) is 3. The number of terminal acetylenes is 1. The number of benzene rings is 2. The highest BCUT2D eigenvalue weighted by Crippen LogP contribution is 2.38. The summed E-state index contributed by atoms with van der Waals surface area (Å²) in [6.45, 7) is -0.980. The van der Waals surface area contributed by atoms with Crippen molar-refractivity contribution < 1.29 is 38.6 Å². The molecule has 3 aromatic rings. The van der Waals surface area contributed by atoms with Gasteiger partial charge in [-0.05, 0) is 17.7 Å². The van der Waals surface area contributed by atoms with E-state index in [2.05, 4.69) is 10.7 Å². The lowest BCUT2D eigenvalue weighted by Crippen LogP contribution is -2.46. The minimum Gasteiger partial charge on any atom is -0.575 e. The number of H-pyrrole nitrogens is 1. The summed E-state index contributed by atoms with van der Waals surface area (Å²) >= 11 is 0. The molecule has 1 saturated heterocycles. The maximum atomic E-state index is 12.4. The highest BCUT2D eigenvalue weighted by atomic mass is 31.1. The van der Waals surface area contributed by atoms with Crippen molar-refractivity contribution >= 4 is 14.1 Å². The lowest BCUT2D eigenvalue weighted by atomic mass is 9.97. The van der Waals surface area contributed by atoms with Crippen LogP contribution in [0.5, 0.6) is 11.5 Å². The molecule has 0 radical (unpaired) electrons. The quantitative estimate of drug-likeness (QED) is 0.173. The van der Waals surface area contributed by atoms with Crippen molar-refractivity contribution in [3.63, 3.8) is 0 Å². The van der Waals surface area contributed by atoms with Crippen molar-refractivity contribution in [2.45, 2.75) is 30.6 Å². The summed E-state index contributed by atoms with van der Waals surface area (Å²) in [5.74, 6) is 1.59. The van der Waals surface area contributed by atoms with Crippen LogP contribution >= 0.6 is 8.17 Å². The normalized spacial score (nSPS) is 22.4. The number of rotatable bonds is 10. The van der Waals surface area contributed by atoms with Crippen molar-refractivity contribution in [1.29, 1.82) is 0 Å². The van der Waals surface area contributed by atoms with E-state index in [1.165, 1.54) is 12.1 Å². The Hall–Kier alpha value is -4.31. The van der Waals surface area contributed by atoms with E-state index in [0.29, 0.717) is 0 Å². The molecule has 5 atom stereocenters. The average Bonchev–Trinajstić information content (AvgIpc) is 3.20. The minimum atomic E-state index is -2.70. The highest BCUT2D eigenvalue weighted by molar-refractivity contribution is 7.34. The summed E-state index contributed by atoms with van der Waals surface area (Å²) < 4.78 is 26.4. The van der Waals surface area contributed by atoms with Crippen LogP contribution in [0.2, 0.25) is 0 Å². The number of nitrogens with zero attached hydrogens (tertiary/aromatic N) is 2. The van der Waals surface area contributed by atoms with Gasteiger partial charge in [0.15, 0.2) is 24.1 Å². The van der Waals surface area contributed by atoms with Crippen LogP contribution in [-0.4, -0.2) is 56.7 Å². The smallest absolute Gasteiger partial charge is 0.395 e. The van der Waals surface area contributed by atoms with Gasteiger partial charge in [0.05, 0.1) is 0 Å². The second kappa shape index (κ2) is 12.7. The number of aromatic nitrogens is 2. The molecule has 3 N–H and O–H groups in total. The second-order valence-electron chi connectivity index (χ2n) is 8.51. The predicted octanol–water partition coefficient (Wildman–Crippen LogP) is 0.216. The first kappa shape index (κ1) is 28.7. The molecule has 1 fully saturated rings. The van der Waals surface area contributed by atoms with Crippen LogP contribution in [0.25, 0.3) is 0 Å². The van der Waals surface area contributed by atoms with Gasteiger partial charge in [0.1, 0.15) is 25.4 Å². The highest BCUT2D eigenvalue weighted by Gasteiger charge is 2.55. The van der Waals surface area contributed by atoms with E-state index < -0.39 is 62.6 Å². The van der Waals surface area contributed by atoms with Gasteiger partial charge in [-0.15, -0.1) is 6.42 Å². The molecule has 1 unspecified atom stereocenters. The number of carbonyl (C=O) groups is 1. The number of aliphatic hydroxyl groups excluding tert-OH is 2. The third-order valence-electron chi connectivity index (χ3n) is 5.82. The molecule has 0 bridgehead atoms. The summed E-state index contributed by atoms with van der Waals surface area (Å²) in [6, 6.07) is 16.1. The molecular formula is C26H24N3O10P. The molecule has 208 valence electrons. The Morgan fingerprint density at radius 3 is 2.55 bits per heavy atom. The van der Waals surface area contributed by atoms with Crippen molar-refractivity contribution in [2.24, 2.45) is 4.74 Å². The molecule has 0 saturated carbocycles. The molecular weight excluding hydrogens is 545 g/mol. The van der Waals surface area contributed by atoms with Crippen molar-refractivity contribution in [2.75, 3.05) is 13.2 Å². The van der Waals surface area contributed by atoms with Crippen molar-refractivity contribution in [3.8, 4) is 23.8 Å². The summed E-state index contributed by atoms with van der Waals surface area (Å²) in [6.07, 6.45) is 1.95. The molecule has 1 aliphatic rings. The molecule has 14 heteroatoms. The standard InChI is InChI=1S/C26H24N3O10P/c1-2-26(23(33)22(32)24(38-26)29-13-12-20(30)28-25(29)34)16-37-18-10-6-7-11-19(18)39-40(35)27-14-21(31)36-15-17-8-4-3-5-9-17/h1,3-13,22-24,32-33H,14-16H2,(H,28,30,34)/t22-,23+,24-,26-/m1/s1. The van der Waals surface area contributed by atoms with Gasteiger partial charge < -0.3 is 29.3 Å². The predicted molar refractivity (Wildman–Crippen MR) is 138 cm³/mol. The molecule has 13 nitrogen and oxygen atoms in total. The topological polar surface area (TPSA) is 185 Å². The molecule has 0 amide bonds. The number of nitrogens with one attached hydrogen (secondary N) is 1. The van der Waals surface area contributed by atoms with Crippen LogP contribution in [0.15, 0.2) is 81.2 Å². The number of aliphatic hydroxyl groups is 2. The van der Waals surface area contributed by atoms with Crippen molar-refractivity contribution in [3.05, 3.63) is 93.3 Å². The third-order valence-corrected chi connectivity index (χ3v) is 6.54. The summed E-state index contributed by atoms with van der Waals surface area (Å²) in [7, 11) is -2.70. The van der Waals surface area contributed by atoms with Crippen LogP contribution in [0, 0.1) is 12.3 Å². The van der Waals surface area contributed by atoms with Crippen LogP contribution in [0.4, 0.5) is 0 Å². The zero-order valence-electron chi connectivity index (χ0n) is 20.8. The van der Waals surface area contributed by atoms with Crippen LogP contribution in [0.3, 0.4) is 0 Å². The second-order valence-corrected chi connectivity index (χ2v) is 9.45. The van der Waals surface area contributed by atoms with Crippen LogP contribution in [0.1, 0.15) is 11.8 Å². The maximum Gasteiger partial charge on any atom is 0.395 e. The Morgan fingerprint density at radius 2 is 1.85 bits per heavy atom. The molecule has 1 aromatic heterocycles. The largest absolute Gasteiger partial charge is 0.575 e. The van der Waals surface area contributed by atoms with E-state index in [0.717, 1.165) is 22.4 Å². The maximum absolute atomic E-state index is 12.4. The fourth-order valence-corrected chi connectivity index (χ4v) is 4.37. The fourth-order valence-electron chi connectivity index (χ4n) is 3.76. The van der Waals surface area contributed by atoms with Gasteiger partial charge in [-0.1, -0.05) is 53.1 Å². The Labute approximate surface area is 228 Å². The lowest BCUT2D eigenvalue weighted by molar-refractivity contribution is -0.169. The third kappa shape index (κ3) is 6.63. The number of ether oxygens (including phenoxy) is 3. The SMILES string of the molecule is C#C[C@]1(COc2ccccc2O/[P+]([O-])=N/CC(=O)OCc2ccccc2)O[C@@H](n2ccc(=O)[nH]c2=O)[C@H](O)[C@@H]1O. The van der Waals surface area contributed by atoms with Crippen LogP contribution in [-0.2, 0) is 20.9 Å². The number of para-hydroxylation sites is 2. The van der Waals surface area contributed by atoms with Gasteiger partial charge >= 0.3 is 19.8 Å². The van der Waals surface area contributed by atoms with Gasteiger partial charge in [-0.25, -0.2) is 9.59 Å². The van der Waals surface area contributed by atoms with Crippen LogP contribution < -0.4 is 25.4 Å². The molecule has 2 aromatic carbocycles. The van der Waals surface area contributed by atoms with E-state index >= 15 is 0 Å².